The standard InChI is InChI=1S/C42H79N3O8/c1-2-3-4-5-6-7-8-9-10-15-18-21-24-35(47)37(48)34(31-52-42-40(51)39(50)38(49)36(30-46)53-42)41-44-29-33(45-41)23-20-17-14-12-11-13-16-19-22-32-25-27-43-28-26-32/h29,32,34-40,42-43,46-51H,2-28,30-31H2,1H3,(H,44,45)/t34-,35+,36?,37-,38?,39?,40?,42?/m0/s1. The summed E-state index contributed by atoms with van der Waals surface area (Å²) in [6.07, 6.45) is 22.5. The third-order valence-corrected chi connectivity index (χ3v) is 11.7. The average molecular weight is 754 g/mol. The van der Waals surface area contributed by atoms with Crippen molar-refractivity contribution in [1.29, 1.82) is 0 Å². The topological polar surface area (TPSA) is 181 Å². The largest absolute Gasteiger partial charge is 0.394 e. The predicted octanol–water partition coefficient (Wildman–Crippen LogP) is 6.18. The van der Waals surface area contributed by atoms with Gasteiger partial charge in [0, 0.05) is 11.9 Å². The quantitative estimate of drug-likeness (QED) is 0.0409. The molecule has 0 aromatic carbocycles. The number of ether oxygens (including phenoxy) is 2. The minimum Gasteiger partial charge on any atom is -0.394 e. The monoisotopic (exact) mass is 754 g/mol. The number of nitrogens with zero attached hydrogens (tertiary/aromatic N) is 1. The Morgan fingerprint density at radius 3 is 1.92 bits per heavy atom. The maximum Gasteiger partial charge on any atom is 0.186 e. The molecule has 11 heteroatoms. The molecule has 0 bridgehead atoms. The molecule has 1 aromatic heterocycles. The van der Waals surface area contributed by atoms with Crippen molar-refractivity contribution in [3.05, 3.63) is 17.7 Å². The second-order valence-electron chi connectivity index (χ2n) is 16.2. The van der Waals surface area contributed by atoms with Crippen LogP contribution in [0.5, 0.6) is 0 Å². The van der Waals surface area contributed by atoms with Gasteiger partial charge >= 0.3 is 0 Å². The van der Waals surface area contributed by atoms with Gasteiger partial charge in [0.1, 0.15) is 30.2 Å². The zero-order valence-electron chi connectivity index (χ0n) is 33.2. The fourth-order valence-corrected chi connectivity index (χ4v) is 8.05. The van der Waals surface area contributed by atoms with E-state index in [1.807, 2.05) is 0 Å². The second-order valence-corrected chi connectivity index (χ2v) is 16.2. The van der Waals surface area contributed by atoms with Gasteiger partial charge in [0.05, 0.1) is 31.3 Å². The molecule has 3 rings (SSSR count). The SMILES string of the molecule is CCCCCCCCCCCCCC[C@@H](O)[C@@H](O)[C@H](COC1OC(CO)C(O)C(O)C1O)c1ncc(CCCCCCCCCCC2CCNCC2)[nH]1. The van der Waals surface area contributed by atoms with Crippen LogP contribution in [0.3, 0.4) is 0 Å². The van der Waals surface area contributed by atoms with E-state index in [2.05, 4.69) is 22.2 Å². The van der Waals surface area contributed by atoms with Gasteiger partial charge in [-0.05, 0) is 51.1 Å². The van der Waals surface area contributed by atoms with E-state index in [0.717, 1.165) is 50.1 Å². The number of hydrogen-bond acceptors (Lipinski definition) is 10. The first-order valence-corrected chi connectivity index (χ1v) is 21.9. The minimum absolute atomic E-state index is 0.163. The van der Waals surface area contributed by atoms with Crippen molar-refractivity contribution in [2.75, 3.05) is 26.3 Å². The van der Waals surface area contributed by atoms with Crippen molar-refractivity contribution in [2.45, 2.75) is 216 Å². The Kier molecular flexibility index (Phi) is 24.7. The van der Waals surface area contributed by atoms with Gasteiger partial charge in [-0.1, -0.05) is 135 Å². The zero-order chi connectivity index (χ0) is 38.1. The maximum absolute atomic E-state index is 11.4. The summed E-state index contributed by atoms with van der Waals surface area (Å²) in [7, 11) is 0. The molecule has 310 valence electrons. The summed E-state index contributed by atoms with van der Waals surface area (Å²) in [5.74, 6) is 0.662. The summed E-state index contributed by atoms with van der Waals surface area (Å²) in [5, 5.41) is 66.5. The molecule has 1 aromatic rings. The highest BCUT2D eigenvalue weighted by Gasteiger charge is 2.44. The molecule has 53 heavy (non-hydrogen) atoms. The Balaban J connectivity index is 1.41. The molecular weight excluding hydrogens is 674 g/mol. The van der Waals surface area contributed by atoms with Gasteiger partial charge in [0.15, 0.2) is 6.29 Å². The van der Waals surface area contributed by atoms with Crippen LogP contribution in [0.25, 0.3) is 0 Å². The highest BCUT2D eigenvalue weighted by Crippen LogP contribution is 2.28. The smallest absolute Gasteiger partial charge is 0.186 e. The van der Waals surface area contributed by atoms with E-state index in [4.69, 9.17) is 9.47 Å². The first-order valence-electron chi connectivity index (χ1n) is 21.9. The summed E-state index contributed by atoms with van der Waals surface area (Å²) in [6, 6.07) is 0. The van der Waals surface area contributed by atoms with Crippen molar-refractivity contribution < 1.29 is 40.1 Å². The molecule has 2 saturated heterocycles. The number of aryl methyl sites for hydroxylation is 1. The number of aliphatic hydroxyl groups is 6. The molecule has 11 nitrogen and oxygen atoms in total. The second kappa shape index (κ2) is 28.3. The Morgan fingerprint density at radius 2 is 1.32 bits per heavy atom. The zero-order valence-corrected chi connectivity index (χ0v) is 33.2. The van der Waals surface area contributed by atoms with E-state index in [-0.39, 0.29) is 6.61 Å². The number of hydrogen-bond donors (Lipinski definition) is 8. The number of aromatic nitrogens is 2. The van der Waals surface area contributed by atoms with Crippen LogP contribution in [0.15, 0.2) is 6.20 Å². The summed E-state index contributed by atoms with van der Waals surface area (Å²) in [6.45, 7) is 3.90. The summed E-state index contributed by atoms with van der Waals surface area (Å²) >= 11 is 0. The molecule has 0 saturated carbocycles. The van der Waals surface area contributed by atoms with Crippen LogP contribution >= 0.6 is 0 Å². The van der Waals surface area contributed by atoms with Gasteiger partial charge < -0.3 is 50.4 Å². The Labute approximate surface area is 321 Å². The molecule has 0 amide bonds. The number of nitrogens with one attached hydrogen (secondary N) is 2. The lowest BCUT2D eigenvalue weighted by Gasteiger charge is -2.40. The van der Waals surface area contributed by atoms with Crippen LogP contribution in [0.1, 0.15) is 178 Å². The van der Waals surface area contributed by atoms with E-state index < -0.39 is 55.4 Å². The van der Waals surface area contributed by atoms with Crippen molar-refractivity contribution in [2.24, 2.45) is 5.92 Å². The molecule has 0 aliphatic carbocycles. The summed E-state index contributed by atoms with van der Waals surface area (Å²) < 4.78 is 11.4. The highest BCUT2D eigenvalue weighted by atomic mass is 16.7. The Hall–Kier alpha value is -1.15. The molecule has 3 heterocycles. The highest BCUT2D eigenvalue weighted by molar-refractivity contribution is 5.09. The predicted molar refractivity (Wildman–Crippen MR) is 210 cm³/mol. The van der Waals surface area contributed by atoms with Gasteiger partial charge in [0.2, 0.25) is 0 Å². The number of H-pyrrole nitrogens is 1. The van der Waals surface area contributed by atoms with E-state index in [1.165, 1.54) is 129 Å². The third kappa shape index (κ3) is 18.1. The molecule has 2 fully saturated rings. The van der Waals surface area contributed by atoms with Gasteiger partial charge in [-0.3, -0.25) is 0 Å². The van der Waals surface area contributed by atoms with Gasteiger partial charge in [-0.15, -0.1) is 0 Å². The number of piperidine rings is 1. The first-order chi connectivity index (χ1) is 25.8. The molecule has 2 aliphatic rings. The van der Waals surface area contributed by atoms with Gasteiger partial charge in [0.25, 0.3) is 0 Å². The number of aliphatic hydroxyl groups excluding tert-OH is 6. The number of rotatable bonds is 31. The van der Waals surface area contributed by atoms with Crippen LogP contribution in [0.2, 0.25) is 0 Å². The van der Waals surface area contributed by atoms with Crippen molar-refractivity contribution in [3.63, 3.8) is 0 Å². The molecule has 0 spiro atoms. The minimum atomic E-state index is -1.56. The third-order valence-electron chi connectivity index (χ3n) is 11.7. The summed E-state index contributed by atoms with van der Waals surface area (Å²) in [4.78, 5) is 7.93. The maximum atomic E-state index is 11.4. The van der Waals surface area contributed by atoms with E-state index >= 15 is 0 Å². The van der Waals surface area contributed by atoms with E-state index in [0.29, 0.717) is 12.2 Å². The fraction of sp³-hybridized carbons (Fsp3) is 0.929. The number of imidazole rings is 1. The normalized spacial score (nSPS) is 24.4. The van der Waals surface area contributed by atoms with Crippen molar-refractivity contribution >= 4 is 0 Å². The molecule has 8 atom stereocenters. The summed E-state index contributed by atoms with van der Waals surface area (Å²) in [5.41, 5.74) is 0.957. The van der Waals surface area contributed by atoms with Crippen molar-refractivity contribution in [3.8, 4) is 0 Å². The number of aromatic amines is 1. The van der Waals surface area contributed by atoms with Gasteiger partial charge in [-0.2, -0.15) is 0 Å². The van der Waals surface area contributed by atoms with E-state index in [9.17, 15) is 30.6 Å². The van der Waals surface area contributed by atoms with Crippen LogP contribution in [-0.2, 0) is 15.9 Å². The van der Waals surface area contributed by atoms with Crippen LogP contribution in [-0.4, -0.2) is 110 Å². The average Bonchev–Trinajstić information content (AvgIpc) is 3.64. The molecule has 0 radical (unpaired) electrons. The Morgan fingerprint density at radius 1 is 0.755 bits per heavy atom. The van der Waals surface area contributed by atoms with Crippen LogP contribution in [0, 0.1) is 5.92 Å². The van der Waals surface area contributed by atoms with Crippen molar-refractivity contribution in [1.82, 2.24) is 15.3 Å². The lowest BCUT2D eigenvalue weighted by atomic mass is 9.92. The first kappa shape index (κ1) is 46.2. The van der Waals surface area contributed by atoms with Gasteiger partial charge in [-0.25, -0.2) is 4.98 Å². The molecule has 2 aliphatic heterocycles. The number of unbranched alkanes of at least 4 members (excludes halogenated alkanes) is 18. The van der Waals surface area contributed by atoms with Crippen LogP contribution < -0.4 is 5.32 Å². The lowest BCUT2D eigenvalue weighted by molar-refractivity contribution is -0.303. The molecule has 5 unspecified atom stereocenters. The molecule has 8 N–H and O–H groups in total. The molecular formula is C42H79N3O8. The van der Waals surface area contributed by atoms with E-state index in [1.54, 1.807) is 6.20 Å². The van der Waals surface area contributed by atoms with Crippen LogP contribution in [0.4, 0.5) is 0 Å². The Bertz CT molecular complexity index is 1010. The fourth-order valence-electron chi connectivity index (χ4n) is 8.05. The lowest BCUT2D eigenvalue weighted by Crippen LogP contribution is -2.59.